The van der Waals surface area contributed by atoms with Gasteiger partial charge in [0.15, 0.2) is 0 Å². The van der Waals surface area contributed by atoms with E-state index in [4.69, 9.17) is 0 Å². The van der Waals surface area contributed by atoms with Gasteiger partial charge in [-0.2, -0.15) is 0 Å². The van der Waals surface area contributed by atoms with E-state index >= 15 is 0 Å². The maximum absolute atomic E-state index is 12.3. The Hall–Kier alpha value is -0.530. The second-order valence-electron chi connectivity index (χ2n) is 5.67. The highest BCUT2D eigenvalue weighted by atomic mass is 16.2. The van der Waals surface area contributed by atoms with Crippen LogP contribution in [0.5, 0.6) is 0 Å². The summed E-state index contributed by atoms with van der Waals surface area (Å²) in [5.74, 6) is 2.57. The van der Waals surface area contributed by atoms with Crippen molar-refractivity contribution < 1.29 is 4.79 Å². The first-order chi connectivity index (χ1) is 7.34. The zero-order valence-electron chi connectivity index (χ0n) is 9.45. The van der Waals surface area contributed by atoms with Crippen molar-refractivity contribution in [1.82, 2.24) is 4.90 Å². The van der Waals surface area contributed by atoms with Crippen LogP contribution >= 0.6 is 0 Å². The number of hydrogen-bond donors (Lipinski definition) is 0. The summed E-state index contributed by atoms with van der Waals surface area (Å²) in [5.41, 5.74) is 0. The topological polar surface area (TPSA) is 20.3 Å². The van der Waals surface area contributed by atoms with Crippen LogP contribution in [0, 0.1) is 17.8 Å². The average Bonchev–Trinajstić information content (AvgIpc) is 2.91. The summed E-state index contributed by atoms with van der Waals surface area (Å²) >= 11 is 0. The normalized spacial score (nSPS) is 39.7. The molecule has 0 aromatic heterocycles. The number of likely N-dealkylation sites (tertiary alicyclic amines) is 1. The Kier molecular flexibility index (Phi) is 2.45. The SMILES string of the molecule is O=C([C@H]1C[C@@H]2CC[C@@H]1C2)N1CCCCC1. The van der Waals surface area contributed by atoms with E-state index in [0.29, 0.717) is 11.8 Å². The molecule has 0 aromatic carbocycles. The van der Waals surface area contributed by atoms with Crippen LogP contribution in [0.25, 0.3) is 0 Å². The first kappa shape index (κ1) is 9.68. The highest BCUT2D eigenvalue weighted by molar-refractivity contribution is 5.79. The van der Waals surface area contributed by atoms with Crippen molar-refractivity contribution in [3.05, 3.63) is 0 Å². The Morgan fingerprint density at radius 1 is 1.00 bits per heavy atom. The first-order valence-corrected chi connectivity index (χ1v) is 6.63. The Morgan fingerprint density at radius 3 is 2.40 bits per heavy atom. The lowest BCUT2D eigenvalue weighted by Gasteiger charge is -2.32. The zero-order chi connectivity index (χ0) is 10.3. The molecule has 1 saturated heterocycles. The Balaban J connectivity index is 1.64. The maximum Gasteiger partial charge on any atom is 0.225 e. The molecule has 3 fully saturated rings. The molecule has 2 nitrogen and oxygen atoms in total. The van der Waals surface area contributed by atoms with Gasteiger partial charge in [-0.15, -0.1) is 0 Å². The van der Waals surface area contributed by atoms with Crippen LogP contribution in [0.4, 0.5) is 0 Å². The lowest BCUT2D eigenvalue weighted by atomic mass is 9.87. The van der Waals surface area contributed by atoms with Gasteiger partial charge in [0, 0.05) is 19.0 Å². The maximum atomic E-state index is 12.3. The minimum Gasteiger partial charge on any atom is -0.342 e. The summed E-state index contributed by atoms with van der Waals surface area (Å²) in [4.78, 5) is 14.5. The van der Waals surface area contributed by atoms with Crippen molar-refractivity contribution in [2.75, 3.05) is 13.1 Å². The van der Waals surface area contributed by atoms with E-state index in [9.17, 15) is 4.79 Å². The molecule has 1 amide bonds. The van der Waals surface area contributed by atoms with Gasteiger partial charge in [0.05, 0.1) is 0 Å². The van der Waals surface area contributed by atoms with Gasteiger partial charge in [0.25, 0.3) is 0 Å². The van der Waals surface area contributed by atoms with Crippen molar-refractivity contribution in [3.8, 4) is 0 Å². The second-order valence-corrected chi connectivity index (χ2v) is 5.67. The number of rotatable bonds is 1. The summed E-state index contributed by atoms with van der Waals surface area (Å²) in [6, 6.07) is 0. The summed E-state index contributed by atoms with van der Waals surface area (Å²) < 4.78 is 0. The Morgan fingerprint density at radius 2 is 1.80 bits per heavy atom. The molecule has 2 saturated carbocycles. The lowest BCUT2D eigenvalue weighted by molar-refractivity contribution is -0.138. The van der Waals surface area contributed by atoms with Gasteiger partial charge in [0.2, 0.25) is 5.91 Å². The Bertz CT molecular complexity index is 257. The highest BCUT2D eigenvalue weighted by Crippen LogP contribution is 2.48. The van der Waals surface area contributed by atoms with E-state index in [0.717, 1.165) is 24.9 Å². The number of fused-ring (bicyclic) bond motifs is 2. The number of piperidine rings is 1. The van der Waals surface area contributed by atoms with E-state index in [1.54, 1.807) is 0 Å². The number of carbonyl (C=O) groups is 1. The molecule has 1 heterocycles. The molecule has 0 spiro atoms. The van der Waals surface area contributed by atoms with Gasteiger partial charge < -0.3 is 4.90 Å². The molecule has 0 radical (unpaired) electrons. The van der Waals surface area contributed by atoms with E-state index < -0.39 is 0 Å². The third-order valence-electron chi connectivity index (χ3n) is 4.72. The van der Waals surface area contributed by atoms with Gasteiger partial charge in [-0.3, -0.25) is 4.79 Å². The molecule has 15 heavy (non-hydrogen) atoms. The number of hydrogen-bond acceptors (Lipinski definition) is 1. The monoisotopic (exact) mass is 207 g/mol. The fraction of sp³-hybridized carbons (Fsp3) is 0.923. The average molecular weight is 207 g/mol. The van der Waals surface area contributed by atoms with Crippen LogP contribution in [0.1, 0.15) is 44.9 Å². The number of carbonyl (C=O) groups excluding carboxylic acids is 1. The van der Waals surface area contributed by atoms with E-state index in [1.165, 1.54) is 44.9 Å². The predicted octanol–water partition coefficient (Wildman–Crippen LogP) is 2.44. The Labute approximate surface area is 92.0 Å². The molecule has 1 aliphatic heterocycles. The fourth-order valence-corrected chi connectivity index (χ4v) is 3.90. The van der Waals surface area contributed by atoms with Gasteiger partial charge in [0.1, 0.15) is 0 Å². The fourth-order valence-electron chi connectivity index (χ4n) is 3.90. The molecule has 3 atom stereocenters. The van der Waals surface area contributed by atoms with Gasteiger partial charge in [-0.25, -0.2) is 0 Å². The van der Waals surface area contributed by atoms with Crippen LogP contribution < -0.4 is 0 Å². The summed E-state index contributed by atoms with van der Waals surface area (Å²) in [7, 11) is 0. The zero-order valence-corrected chi connectivity index (χ0v) is 9.45. The molecule has 84 valence electrons. The summed E-state index contributed by atoms with van der Waals surface area (Å²) in [5, 5.41) is 0. The van der Waals surface area contributed by atoms with Crippen molar-refractivity contribution in [3.63, 3.8) is 0 Å². The third kappa shape index (κ3) is 1.68. The molecule has 3 rings (SSSR count). The molecule has 0 N–H and O–H groups in total. The van der Waals surface area contributed by atoms with Crippen LogP contribution in [0.15, 0.2) is 0 Å². The van der Waals surface area contributed by atoms with Gasteiger partial charge >= 0.3 is 0 Å². The van der Waals surface area contributed by atoms with Crippen molar-refractivity contribution in [1.29, 1.82) is 0 Å². The first-order valence-electron chi connectivity index (χ1n) is 6.63. The molecule has 2 aliphatic carbocycles. The smallest absolute Gasteiger partial charge is 0.225 e. The van der Waals surface area contributed by atoms with Crippen molar-refractivity contribution in [2.24, 2.45) is 17.8 Å². The quantitative estimate of drug-likeness (QED) is 0.646. The summed E-state index contributed by atoms with van der Waals surface area (Å²) in [6.07, 6.45) is 9.06. The molecule has 3 aliphatic rings. The van der Waals surface area contributed by atoms with E-state index in [1.807, 2.05) is 0 Å². The minimum atomic E-state index is 0.418. The predicted molar refractivity (Wildman–Crippen MR) is 59.4 cm³/mol. The minimum absolute atomic E-state index is 0.418. The van der Waals surface area contributed by atoms with Crippen LogP contribution in [0.2, 0.25) is 0 Å². The van der Waals surface area contributed by atoms with Gasteiger partial charge in [-0.05, 0) is 50.4 Å². The largest absolute Gasteiger partial charge is 0.342 e. The molecule has 0 aromatic rings. The molecule has 2 heteroatoms. The van der Waals surface area contributed by atoms with Crippen molar-refractivity contribution >= 4 is 5.91 Å². The van der Waals surface area contributed by atoms with E-state index in [-0.39, 0.29) is 0 Å². The lowest BCUT2D eigenvalue weighted by Crippen LogP contribution is -2.41. The third-order valence-corrected chi connectivity index (χ3v) is 4.72. The van der Waals surface area contributed by atoms with Crippen LogP contribution in [-0.4, -0.2) is 23.9 Å². The second kappa shape index (κ2) is 3.80. The highest BCUT2D eigenvalue weighted by Gasteiger charge is 2.44. The van der Waals surface area contributed by atoms with Gasteiger partial charge in [-0.1, -0.05) is 6.42 Å². The van der Waals surface area contributed by atoms with Crippen LogP contribution in [-0.2, 0) is 4.79 Å². The number of amides is 1. The molecular formula is C13H21NO. The molecule has 2 bridgehead atoms. The van der Waals surface area contributed by atoms with Crippen molar-refractivity contribution in [2.45, 2.75) is 44.9 Å². The standard InChI is InChI=1S/C13H21NO/c15-13(14-6-2-1-3-7-14)12-9-10-4-5-11(12)8-10/h10-12H,1-9H2/t10-,11-,12+/m1/s1. The molecular weight excluding hydrogens is 186 g/mol. The summed E-state index contributed by atoms with van der Waals surface area (Å²) in [6.45, 7) is 2.07. The number of nitrogens with zero attached hydrogens (tertiary/aromatic N) is 1. The van der Waals surface area contributed by atoms with Crippen LogP contribution in [0.3, 0.4) is 0 Å². The molecule has 0 unspecified atom stereocenters. The van der Waals surface area contributed by atoms with E-state index in [2.05, 4.69) is 4.90 Å².